The zero-order valence-corrected chi connectivity index (χ0v) is 15.8. The average molecular weight is 455 g/mol. The minimum absolute atomic E-state index is 0.131. The standard InChI is InChI=1S/C12H13Br2N3O2S2/c1-2-10(12-16-3-4-20-12)17-21(18,19)11-8(13)5-7(15)6-9(11)14/h3-6,10,17H,2,15H2,1H3. The van der Waals surface area contributed by atoms with Gasteiger partial charge in [-0.2, -0.15) is 0 Å². The Morgan fingerprint density at radius 1 is 1.38 bits per heavy atom. The number of rotatable bonds is 5. The molecule has 0 amide bonds. The molecule has 0 saturated heterocycles. The molecule has 21 heavy (non-hydrogen) atoms. The van der Waals surface area contributed by atoms with Crippen molar-refractivity contribution in [3.63, 3.8) is 0 Å². The zero-order chi connectivity index (χ0) is 15.6. The summed E-state index contributed by atoms with van der Waals surface area (Å²) in [6.45, 7) is 1.90. The van der Waals surface area contributed by atoms with Gasteiger partial charge in [-0.25, -0.2) is 18.1 Å². The van der Waals surface area contributed by atoms with Crippen LogP contribution < -0.4 is 10.5 Å². The number of aromatic nitrogens is 1. The lowest BCUT2D eigenvalue weighted by atomic mass is 10.3. The van der Waals surface area contributed by atoms with Crippen LogP contribution >= 0.6 is 43.2 Å². The van der Waals surface area contributed by atoms with Gasteiger partial charge < -0.3 is 5.73 Å². The van der Waals surface area contributed by atoms with Crippen LogP contribution in [0.2, 0.25) is 0 Å². The molecule has 1 aromatic heterocycles. The van der Waals surface area contributed by atoms with E-state index in [9.17, 15) is 8.42 Å². The molecule has 114 valence electrons. The lowest BCUT2D eigenvalue weighted by Crippen LogP contribution is -2.28. The van der Waals surface area contributed by atoms with Gasteiger partial charge in [-0.15, -0.1) is 11.3 Å². The van der Waals surface area contributed by atoms with Gasteiger partial charge in [0.15, 0.2) is 0 Å². The highest BCUT2D eigenvalue weighted by Gasteiger charge is 2.26. The first-order valence-electron chi connectivity index (χ1n) is 6.01. The van der Waals surface area contributed by atoms with Crippen molar-refractivity contribution in [2.45, 2.75) is 24.3 Å². The van der Waals surface area contributed by atoms with E-state index in [0.29, 0.717) is 21.1 Å². The Morgan fingerprint density at radius 3 is 2.48 bits per heavy atom. The molecule has 0 aliphatic carbocycles. The monoisotopic (exact) mass is 453 g/mol. The number of anilines is 1. The summed E-state index contributed by atoms with van der Waals surface area (Å²) < 4.78 is 28.7. The van der Waals surface area contributed by atoms with E-state index < -0.39 is 10.0 Å². The molecule has 2 aromatic rings. The fraction of sp³-hybridized carbons (Fsp3) is 0.250. The van der Waals surface area contributed by atoms with Gasteiger partial charge in [0.2, 0.25) is 10.0 Å². The second-order valence-electron chi connectivity index (χ2n) is 4.27. The number of thiazole rings is 1. The van der Waals surface area contributed by atoms with E-state index in [1.54, 1.807) is 18.3 Å². The van der Waals surface area contributed by atoms with E-state index >= 15 is 0 Å². The van der Waals surface area contributed by atoms with Crippen molar-refractivity contribution in [2.75, 3.05) is 5.73 Å². The number of hydrogen-bond donors (Lipinski definition) is 2. The van der Waals surface area contributed by atoms with Gasteiger partial charge in [-0.05, 0) is 50.4 Å². The molecule has 0 fully saturated rings. The molecule has 5 nitrogen and oxygen atoms in total. The molecule has 9 heteroatoms. The molecule has 1 aromatic carbocycles. The van der Waals surface area contributed by atoms with E-state index in [-0.39, 0.29) is 10.9 Å². The number of halogens is 2. The molecular weight excluding hydrogens is 442 g/mol. The van der Waals surface area contributed by atoms with Crippen molar-refractivity contribution < 1.29 is 8.42 Å². The summed E-state index contributed by atoms with van der Waals surface area (Å²) in [5.41, 5.74) is 6.16. The van der Waals surface area contributed by atoms with Gasteiger partial charge in [0, 0.05) is 26.2 Å². The quantitative estimate of drug-likeness (QED) is 0.674. The first kappa shape index (κ1) is 16.9. The summed E-state index contributed by atoms with van der Waals surface area (Å²) in [6.07, 6.45) is 2.27. The molecule has 1 heterocycles. The van der Waals surface area contributed by atoms with E-state index in [1.807, 2.05) is 12.3 Å². The highest BCUT2D eigenvalue weighted by molar-refractivity contribution is 9.11. The fourth-order valence-electron chi connectivity index (χ4n) is 1.80. The first-order chi connectivity index (χ1) is 9.85. The SMILES string of the molecule is CCC(NS(=O)(=O)c1c(Br)cc(N)cc1Br)c1nccs1. The van der Waals surface area contributed by atoms with Gasteiger partial charge in [-0.1, -0.05) is 6.92 Å². The molecule has 1 unspecified atom stereocenters. The predicted molar refractivity (Wildman–Crippen MR) is 91.7 cm³/mol. The molecule has 3 N–H and O–H groups in total. The van der Waals surface area contributed by atoms with Crippen LogP contribution in [-0.4, -0.2) is 13.4 Å². The Kier molecular flexibility index (Phi) is 5.42. The van der Waals surface area contributed by atoms with Gasteiger partial charge in [0.05, 0.1) is 6.04 Å². The van der Waals surface area contributed by atoms with Crippen molar-refractivity contribution in [3.05, 3.63) is 37.7 Å². The topological polar surface area (TPSA) is 85.1 Å². The van der Waals surface area contributed by atoms with Crippen LogP contribution in [0.15, 0.2) is 37.6 Å². The van der Waals surface area contributed by atoms with Gasteiger partial charge in [0.1, 0.15) is 9.90 Å². The predicted octanol–water partition coefficient (Wildman–Crippen LogP) is 3.68. The van der Waals surface area contributed by atoms with E-state index in [1.165, 1.54) is 11.3 Å². The number of nitrogens with zero attached hydrogens (tertiary/aromatic N) is 1. The van der Waals surface area contributed by atoms with Crippen molar-refractivity contribution >= 4 is 58.9 Å². The smallest absolute Gasteiger partial charge is 0.243 e. The van der Waals surface area contributed by atoms with E-state index in [4.69, 9.17) is 5.73 Å². The van der Waals surface area contributed by atoms with Crippen molar-refractivity contribution in [3.8, 4) is 0 Å². The maximum absolute atomic E-state index is 12.6. The van der Waals surface area contributed by atoms with Crippen molar-refractivity contribution in [2.24, 2.45) is 0 Å². The van der Waals surface area contributed by atoms with Crippen LogP contribution in [0.3, 0.4) is 0 Å². The van der Waals surface area contributed by atoms with Gasteiger partial charge in [-0.3, -0.25) is 0 Å². The molecule has 0 saturated carbocycles. The van der Waals surface area contributed by atoms with Gasteiger partial charge >= 0.3 is 0 Å². The molecule has 1 atom stereocenters. The molecule has 0 aliphatic heterocycles. The Morgan fingerprint density at radius 2 is 2.00 bits per heavy atom. The summed E-state index contributed by atoms with van der Waals surface area (Å²) in [5, 5.41) is 2.56. The summed E-state index contributed by atoms with van der Waals surface area (Å²) in [6, 6.07) is 2.76. The van der Waals surface area contributed by atoms with Crippen LogP contribution in [0.25, 0.3) is 0 Å². The van der Waals surface area contributed by atoms with Crippen molar-refractivity contribution in [1.29, 1.82) is 0 Å². The molecule has 0 bridgehead atoms. The minimum atomic E-state index is -3.71. The first-order valence-corrected chi connectivity index (χ1v) is 9.96. The van der Waals surface area contributed by atoms with Crippen LogP contribution in [0.4, 0.5) is 5.69 Å². The number of nitrogens with one attached hydrogen (secondary N) is 1. The number of nitrogen functional groups attached to an aromatic ring is 1. The van der Waals surface area contributed by atoms with Crippen LogP contribution in [0, 0.1) is 0 Å². The average Bonchev–Trinajstić information content (AvgIpc) is 2.87. The molecule has 0 spiro atoms. The molecule has 0 aliphatic rings. The summed E-state index contributed by atoms with van der Waals surface area (Å²) >= 11 is 7.93. The maximum Gasteiger partial charge on any atom is 0.243 e. The Balaban J connectivity index is 2.39. The third-order valence-electron chi connectivity index (χ3n) is 2.74. The minimum Gasteiger partial charge on any atom is -0.399 e. The largest absolute Gasteiger partial charge is 0.399 e. The van der Waals surface area contributed by atoms with Crippen LogP contribution in [0.5, 0.6) is 0 Å². The summed E-state index contributed by atoms with van der Waals surface area (Å²) in [5.74, 6) is 0. The maximum atomic E-state index is 12.6. The number of sulfonamides is 1. The Hall–Kier alpha value is -0.480. The molecular formula is C12H13Br2N3O2S2. The van der Waals surface area contributed by atoms with Gasteiger partial charge in [0.25, 0.3) is 0 Å². The summed E-state index contributed by atoms with van der Waals surface area (Å²) in [4.78, 5) is 4.30. The normalized spacial score (nSPS) is 13.3. The fourth-order valence-corrected chi connectivity index (χ4v) is 6.55. The Labute approximate surface area is 144 Å². The number of hydrogen-bond acceptors (Lipinski definition) is 5. The number of benzene rings is 1. The molecule has 2 rings (SSSR count). The zero-order valence-electron chi connectivity index (χ0n) is 11.0. The van der Waals surface area contributed by atoms with Crippen LogP contribution in [0.1, 0.15) is 24.4 Å². The summed E-state index contributed by atoms with van der Waals surface area (Å²) in [7, 11) is -3.71. The highest BCUT2D eigenvalue weighted by atomic mass is 79.9. The highest BCUT2D eigenvalue weighted by Crippen LogP contribution is 2.33. The van der Waals surface area contributed by atoms with Crippen molar-refractivity contribution in [1.82, 2.24) is 9.71 Å². The second kappa shape index (κ2) is 6.74. The third kappa shape index (κ3) is 3.84. The lowest BCUT2D eigenvalue weighted by Gasteiger charge is -2.16. The third-order valence-corrected chi connectivity index (χ3v) is 6.98. The van der Waals surface area contributed by atoms with E-state index in [2.05, 4.69) is 41.6 Å². The second-order valence-corrected chi connectivity index (χ2v) is 8.55. The van der Waals surface area contributed by atoms with Crippen LogP contribution in [-0.2, 0) is 10.0 Å². The Bertz CT molecular complexity index is 710. The number of nitrogens with two attached hydrogens (primary N) is 1. The lowest BCUT2D eigenvalue weighted by molar-refractivity contribution is 0.548. The van der Waals surface area contributed by atoms with E-state index in [0.717, 1.165) is 5.01 Å². The molecule has 0 radical (unpaired) electrons.